The zero-order valence-electron chi connectivity index (χ0n) is 7.76. The third-order valence-corrected chi connectivity index (χ3v) is 2.95. The van der Waals surface area contributed by atoms with E-state index in [9.17, 15) is 0 Å². The first-order valence-electron chi connectivity index (χ1n) is 4.68. The second kappa shape index (κ2) is 3.68. The number of imidazole rings is 1. The van der Waals surface area contributed by atoms with Gasteiger partial charge in [0, 0.05) is 12.6 Å². The van der Waals surface area contributed by atoms with E-state index in [-0.39, 0.29) is 0 Å². The summed E-state index contributed by atoms with van der Waals surface area (Å²) in [6, 6.07) is 0.536. The van der Waals surface area contributed by atoms with E-state index in [1.54, 1.807) is 0 Å². The summed E-state index contributed by atoms with van der Waals surface area (Å²) in [6.07, 6.45) is 5.37. The van der Waals surface area contributed by atoms with Crippen LogP contribution in [0.1, 0.15) is 24.6 Å². The minimum Gasteiger partial charge on any atom is -0.329 e. The largest absolute Gasteiger partial charge is 0.329 e. The summed E-state index contributed by atoms with van der Waals surface area (Å²) in [5.41, 5.74) is 1.20. The van der Waals surface area contributed by atoms with Crippen LogP contribution in [0.4, 0.5) is 0 Å². The molecule has 0 amide bonds. The number of fused-ring (bicyclic) bond motifs is 1. The van der Waals surface area contributed by atoms with Gasteiger partial charge in [-0.25, -0.2) is 4.98 Å². The van der Waals surface area contributed by atoms with Gasteiger partial charge in [-0.3, -0.25) is 0 Å². The molecular formula is C9H14ClN3. The van der Waals surface area contributed by atoms with Gasteiger partial charge in [-0.1, -0.05) is 11.6 Å². The van der Waals surface area contributed by atoms with Gasteiger partial charge in [0.05, 0.1) is 12.0 Å². The van der Waals surface area contributed by atoms with Crippen LogP contribution in [0.2, 0.25) is 5.15 Å². The molecule has 0 spiro atoms. The van der Waals surface area contributed by atoms with Gasteiger partial charge in [-0.05, 0) is 26.3 Å². The van der Waals surface area contributed by atoms with Crippen molar-refractivity contribution in [3.8, 4) is 0 Å². The molecule has 72 valence electrons. The summed E-state index contributed by atoms with van der Waals surface area (Å²) < 4.78 is 2.21. The fourth-order valence-corrected chi connectivity index (χ4v) is 2.23. The molecule has 1 atom stereocenters. The van der Waals surface area contributed by atoms with Gasteiger partial charge in [-0.2, -0.15) is 0 Å². The molecule has 0 radical (unpaired) electrons. The third kappa shape index (κ3) is 1.58. The maximum absolute atomic E-state index is 5.97. The minimum absolute atomic E-state index is 0.536. The van der Waals surface area contributed by atoms with E-state index >= 15 is 0 Å². The fourth-order valence-electron chi connectivity index (χ4n) is 1.99. The average molecular weight is 200 g/mol. The van der Waals surface area contributed by atoms with E-state index in [4.69, 9.17) is 11.6 Å². The number of hydrogen-bond acceptors (Lipinski definition) is 2. The number of nitrogens with zero attached hydrogens (tertiary/aromatic N) is 2. The lowest BCUT2D eigenvalue weighted by Gasteiger charge is -2.25. The normalized spacial score (nSPS) is 21.5. The van der Waals surface area contributed by atoms with Crippen molar-refractivity contribution >= 4 is 11.6 Å². The van der Waals surface area contributed by atoms with Gasteiger partial charge in [0.15, 0.2) is 0 Å². The Balaban J connectivity index is 2.27. The Morgan fingerprint density at radius 2 is 2.62 bits per heavy atom. The molecule has 1 aliphatic rings. The SMILES string of the molecule is CNCC1CCCc2c(Cl)ncn21. The standard InChI is InChI=1S/C9H14ClN3/c1-11-5-7-3-2-4-8-9(10)12-6-13(7)8/h6-7,11H,2-5H2,1H3. The van der Waals surface area contributed by atoms with Crippen LogP contribution in [-0.2, 0) is 6.42 Å². The number of likely N-dealkylation sites (N-methyl/N-ethyl adjacent to an activating group) is 1. The van der Waals surface area contributed by atoms with E-state index < -0.39 is 0 Å². The Labute approximate surface area is 83.1 Å². The predicted molar refractivity (Wildman–Crippen MR) is 53.1 cm³/mol. The van der Waals surface area contributed by atoms with Crippen LogP contribution in [0.25, 0.3) is 0 Å². The average Bonchev–Trinajstić information content (AvgIpc) is 2.50. The molecule has 2 rings (SSSR count). The summed E-state index contributed by atoms with van der Waals surface area (Å²) in [7, 11) is 1.98. The van der Waals surface area contributed by atoms with Crippen LogP contribution in [0.3, 0.4) is 0 Å². The van der Waals surface area contributed by atoms with Gasteiger partial charge < -0.3 is 9.88 Å². The number of aromatic nitrogens is 2. The van der Waals surface area contributed by atoms with E-state index in [0.717, 1.165) is 13.0 Å². The molecule has 13 heavy (non-hydrogen) atoms. The maximum Gasteiger partial charge on any atom is 0.150 e. The molecule has 1 unspecified atom stereocenters. The van der Waals surface area contributed by atoms with Gasteiger partial charge in [0.2, 0.25) is 0 Å². The molecule has 1 aliphatic heterocycles. The van der Waals surface area contributed by atoms with Crippen molar-refractivity contribution in [2.24, 2.45) is 0 Å². The Bertz CT molecular complexity index is 295. The number of rotatable bonds is 2. The van der Waals surface area contributed by atoms with Gasteiger partial charge in [0.1, 0.15) is 5.15 Å². The van der Waals surface area contributed by atoms with Gasteiger partial charge >= 0.3 is 0 Å². The predicted octanol–water partition coefficient (Wildman–Crippen LogP) is 1.63. The molecule has 0 saturated carbocycles. The molecule has 4 heteroatoms. The molecule has 2 heterocycles. The molecule has 0 fully saturated rings. The van der Waals surface area contributed by atoms with Crippen molar-refractivity contribution in [1.29, 1.82) is 0 Å². The van der Waals surface area contributed by atoms with Crippen LogP contribution in [0, 0.1) is 0 Å². The quantitative estimate of drug-likeness (QED) is 0.785. The minimum atomic E-state index is 0.536. The molecule has 3 nitrogen and oxygen atoms in total. The lowest BCUT2D eigenvalue weighted by Crippen LogP contribution is -2.26. The number of nitrogens with one attached hydrogen (secondary N) is 1. The monoisotopic (exact) mass is 199 g/mol. The van der Waals surface area contributed by atoms with Crippen molar-refractivity contribution in [3.05, 3.63) is 17.2 Å². The second-order valence-corrected chi connectivity index (χ2v) is 3.85. The lowest BCUT2D eigenvalue weighted by molar-refractivity contribution is 0.390. The number of halogens is 1. The zero-order chi connectivity index (χ0) is 9.26. The lowest BCUT2D eigenvalue weighted by atomic mass is 10.0. The first kappa shape index (κ1) is 9.03. The van der Waals surface area contributed by atoms with E-state index in [2.05, 4.69) is 14.9 Å². The Hall–Kier alpha value is -0.540. The molecule has 0 aromatic carbocycles. The van der Waals surface area contributed by atoms with Crippen molar-refractivity contribution in [2.75, 3.05) is 13.6 Å². The zero-order valence-corrected chi connectivity index (χ0v) is 8.51. The Morgan fingerprint density at radius 1 is 1.77 bits per heavy atom. The summed E-state index contributed by atoms with van der Waals surface area (Å²) in [6.45, 7) is 1.000. The first-order valence-corrected chi connectivity index (χ1v) is 5.06. The highest BCUT2D eigenvalue weighted by molar-refractivity contribution is 6.30. The number of hydrogen-bond donors (Lipinski definition) is 1. The van der Waals surface area contributed by atoms with E-state index in [1.807, 2.05) is 13.4 Å². The van der Waals surface area contributed by atoms with Crippen molar-refractivity contribution in [2.45, 2.75) is 25.3 Å². The van der Waals surface area contributed by atoms with Crippen molar-refractivity contribution in [1.82, 2.24) is 14.9 Å². The van der Waals surface area contributed by atoms with Crippen molar-refractivity contribution in [3.63, 3.8) is 0 Å². The Kier molecular flexibility index (Phi) is 2.56. The highest BCUT2D eigenvalue weighted by Crippen LogP contribution is 2.28. The first-order chi connectivity index (χ1) is 6.33. The highest BCUT2D eigenvalue weighted by Gasteiger charge is 2.21. The third-order valence-electron chi connectivity index (χ3n) is 2.63. The van der Waals surface area contributed by atoms with Gasteiger partial charge in [-0.15, -0.1) is 0 Å². The molecular weight excluding hydrogens is 186 g/mol. The fraction of sp³-hybridized carbons (Fsp3) is 0.667. The summed E-state index contributed by atoms with van der Waals surface area (Å²) in [5, 5.41) is 3.88. The summed E-state index contributed by atoms with van der Waals surface area (Å²) >= 11 is 5.97. The van der Waals surface area contributed by atoms with Crippen LogP contribution in [-0.4, -0.2) is 23.1 Å². The second-order valence-electron chi connectivity index (χ2n) is 3.49. The molecule has 0 aliphatic carbocycles. The van der Waals surface area contributed by atoms with Crippen LogP contribution in [0.15, 0.2) is 6.33 Å². The topological polar surface area (TPSA) is 29.9 Å². The Morgan fingerprint density at radius 3 is 3.38 bits per heavy atom. The van der Waals surface area contributed by atoms with E-state index in [1.165, 1.54) is 18.5 Å². The highest BCUT2D eigenvalue weighted by atomic mass is 35.5. The molecule has 1 aromatic heterocycles. The van der Waals surface area contributed by atoms with Crippen LogP contribution >= 0.6 is 11.6 Å². The molecule has 1 aromatic rings. The van der Waals surface area contributed by atoms with E-state index in [0.29, 0.717) is 11.2 Å². The van der Waals surface area contributed by atoms with Crippen LogP contribution in [0.5, 0.6) is 0 Å². The molecule has 0 saturated heterocycles. The molecule has 1 N–H and O–H groups in total. The maximum atomic E-state index is 5.97. The van der Waals surface area contributed by atoms with Crippen LogP contribution < -0.4 is 5.32 Å². The van der Waals surface area contributed by atoms with Gasteiger partial charge in [0.25, 0.3) is 0 Å². The summed E-state index contributed by atoms with van der Waals surface area (Å²) in [5.74, 6) is 0. The smallest absolute Gasteiger partial charge is 0.150 e. The summed E-state index contributed by atoms with van der Waals surface area (Å²) in [4.78, 5) is 4.13. The molecule has 0 bridgehead atoms. The van der Waals surface area contributed by atoms with Crippen molar-refractivity contribution < 1.29 is 0 Å².